The third-order valence-corrected chi connectivity index (χ3v) is 4.04. The van der Waals surface area contributed by atoms with Crippen LogP contribution in [0.15, 0.2) is 0 Å². The van der Waals surface area contributed by atoms with E-state index in [1.54, 1.807) is 0 Å². The average Bonchev–Trinajstić information content (AvgIpc) is 2.43. The molecule has 0 heterocycles. The van der Waals surface area contributed by atoms with Gasteiger partial charge in [-0.05, 0) is 33.4 Å². The Morgan fingerprint density at radius 1 is 1.13 bits per heavy atom. The van der Waals surface area contributed by atoms with Crippen LogP contribution in [0.5, 0.6) is 0 Å². The van der Waals surface area contributed by atoms with Gasteiger partial charge in [-0.25, -0.2) is 0 Å². The predicted octanol–water partition coefficient (Wildman–Crippen LogP) is 2.80. The van der Waals surface area contributed by atoms with Gasteiger partial charge in [0.1, 0.15) is 0 Å². The van der Waals surface area contributed by atoms with Crippen LogP contribution < -0.4 is 0 Å². The summed E-state index contributed by atoms with van der Waals surface area (Å²) in [6, 6.07) is 0. The second-order valence-corrected chi connectivity index (χ2v) is 5.22. The van der Waals surface area contributed by atoms with Crippen LogP contribution in [0.4, 0.5) is 0 Å². The second-order valence-electron chi connectivity index (χ2n) is 5.22. The molecule has 0 aliphatic heterocycles. The topological polar surface area (TPSA) is 23.5 Å². The van der Waals surface area contributed by atoms with E-state index < -0.39 is 0 Å². The Morgan fingerprint density at radius 3 is 2.07 bits per heavy atom. The van der Waals surface area contributed by atoms with Crippen LogP contribution in [0, 0.1) is 0 Å². The van der Waals surface area contributed by atoms with Crippen molar-refractivity contribution in [3.63, 3.8) is 0 Å². The maximum atomic E-state index is 10.4. The lowest BCUT2D eigenvalue weighted by molar-refractivity contribution is -0.0226. The quantitative estimate of drug-likeness (QED) is 0.726. The molecule has 1 atom stereocenters. The van der Waals surface area contributed by atoms with Gasteiger partial charge in [-0.2, -0.15) is 0 Å². The van der Waals surface area contributed by atoms with Gasteiger partial charge in [0, 0.05) is 5.54 Å². The molecule has 0 aromatic carbocycles. The maximum Gasteiger partial charge on any atom is 0.0723 e. The van der Waals surface area contributed by atoms with Crippen LogP contribution in [-0.2, 0) is 0 Å². The third kappa shape index (κ3) is 2.94. The molecule has 1 saturated carbocycles. The highest BCUT2D eigenvalue weighted by molar-refractivity contribution is 4.95. The lowest BCUT2D eigenvalue weighted by Gasteiger charge is -2.43. The fourth-order valence-electron chi connectivity index (χ4n) is 2.96. The first-order valence-electron chi connectivity index (χ1n) is 6.49. The Kier molecular flexibility index (Phi) is 5.07. The molecule has 0 radical (unpaired) electrons. The van der Waals surface area contributed by atoms with Gasteiger partial charge in [0.2, 0.25) is 0 Å². The summed E-state index contributed by atoms with van der Waals surface area (Å²) in [6.07, 6.45) is 9.45. The Bertz CT molecular complexity index is 171. The van der Waals surface area contributed by atoms with Gasteiger partial charge in [-0.1, -0.05) is 39.0 Å². The number of hydrogen-bond acceptors (Lipinski definition) is 2. The monoisotopic (exact) mass is 213 g/mol. The Hall–Kier alpha value is -0.0800. The molecule has 1 aliphatic carbocycles. The molecule has 0 aromatic heterocycles. The minimum atomic E-state index is -0.143. The van der Waals surface area contributed by atoms with Crippen molar-refractivity contribution in [1.29, 1.82) is 0 Å². The number of hydrogen-bond donors (Lipinski definition) is 1. The van der Waals surface area contributed by atoms with E-state index >= 15 is 0 Å². The van der Waals surface area contributed by atoms with Gasteiger partial charge in [0.15, 0.2) is 0 Å². The van der Waals surface area contributed by atoms with Crippen molar-refractivity contribution in [3.8, 4) is 0 Å². The van der Waals surface area contributed by atoms with E-state index in [0.717, 1.165) is 12.8 Å². The Morgan fingerprint density at radius 2 is 1.67 bits per heavy atom. The highest BCUT2D eigenvalue weighted by Crippen LogP contribution is 2.35. The summed E-state index contributed by atoms with van der Waals surface area (Å²) in [5, 5.41) is 10.4. The van der Waals surface area contributed by atoms with Crippen LogP contribution in [0.3, 0.4) is 0 Å². The molecule has 1 aliphatic rings. The molecule has 0 aromatic rings. The van der Waals surface area contributed by atoms with Crippen molar-refractivity contribution < 1.29 is 5.11 Å². The Labute approximate surface area is 94.7 Å². The van der Waals surface area contributed by atoms with Crippen molar-refractivity contribution in [1.82, 2.24) is 4.90 Å². The van der Waals surface area contributed by atoms with Gasteiger partial charge in [-0.15, -0.1) is 0 Å². The molecule has 0 spiro atoms. The largest absolute Gasteiger partial charge is 0.391 e. The Balaban J connectivity index is 2.74. The molecule has 1 unspecified atom stereocenters. The first kappa shape index (κ1) is 13.0. The summed E-state index contributed by atoms with van der Waals surface area (Å²) in [5.41, 5.74) is 0.0620. The van der Waals surface area contributed by atoms with Crippen LogP contribution in [0.1, 0.15) is 58.3 Å². The van der Waals surface area contributed by atoms with Crippen LogP contribution in [-0.4, -0.2) is 35.7 Å². The van der Waals surface area contributed by atoms with Crippen LogP contribution >= 0.6 is 0 Å². The van der Waals surface area contributed by atoms with E-state index in [2.05, 4.69) is 25.9 Å². The van der Waals surface area contributed by atoms with Crippen molar-refractivity contribution >= 4 is 0 Å². The molecule has 0 saturated heterocycles. The zero-order chi connectivity index (χ0) is 11.3. The average molecular weight is 213 g/mol. The summed E-state index contributed by atoms with van der Waals surface area (Å²) in [7, 11) is 4.26. The summed E-state index contributed by atoms with van der Waals surface area (Å²) in [6.45, 7) is 2.16. The minimum Gasteiger partial charge on any atom is -0.391 e. The molecular weight excluding hydrogens is 186 g/mol. The minimum absolute atomic E-state index is 0.0620. The van der Waals surface area contributed by atoms with Gasteiger partial charge in [0.25, 0.3) is 0 Å². The summed E-state index contributed by atoms with van der Waals surface area (Å²) in [4.78, 5) is 2.28. The summed E-state index contributed by atoms with van der Waals surface area (Å²) in [5.74, 6) is 0. The van der Waals surface area contributed by atoms with Gasteiger partial charge in [-0.3, -0.25) is 0 Å². The number of aliphatic hydroxyl groups is 1. The fourth-order valence-corrected chi connectivity index (χ4v) is 2.96. The van der Waals surface area contributed by atoms with Crippen molar-refractivity contribution in [3.05, 3.63) is 0 Å². The van der Waals surface area contributed by atoms with Gasteiger partial charge >= 0.3 is 0 Å². The van der Waals surface area contributed by atoms with Gasteiger partial charge in [0.05, 0.1) is 6.10 Å². The van der Waals surface area contributed by atoms with Crippen LogP contribution in [0.25, 0.3) is 0 Å². The lowest BCUT2D eigenvalue weighted by atomic mass is 9.81. The molecule has 1 N–H and O–H groups in total. The molecule has 2 heteroatoms. The smallest absolute Gasteiger partial charge is 0.0723 e. The van der Waals surface area contributed by atoms with Crippen molar-refractivity contribution in [2.75, 3.05) is 14.1 Å². The number of likely N-dealkylation sites (N-methyl/N-ethyl adjacent to an activating group) is 1. The van der Waals surface area contributed by atoms with Crippen molar-refractivity contribution in [2.24, 2.45) is 0 Å². The zero-order valence-corrected chi connectivity index (χ0v) is 10.6. The highest BCUT2D eigenvalue weighted by Gasteiger charge is 2.39. The summed E-state index contributed by atoms with van der Waals surface area (Å²) >= 11 is 0. The SMILES string of the molecule is CCCC(O)C1(N(C)C)CCCCCC1. The van der Waals surface area contributed by atoms with E-state index in [1.165, 1.54) is 38.5 Å². The van der Waals surface area contributed by atoms with E-state index in [4.69, 9.17) is 0 Å². The van der Waals surface area contributed by atoms with E-state index in [9.17, 15) is 5.11 Å². The lowest BCUT2D eigenvalue weighted by Crippen LogP contribution is -2.53. The molecule has 15 heavy (non-hydrogen) atoms. The summed E-state index contributed by atoms with van der Waals surface area (Å²) < 4.78 is 0. The molecule has 2 nitrogen and oxygen atoms in total. The first-order valence-corrected chi connectivity index (χ1v) is 6.49. The zero-order valence-electron chi connectivity index (χ0n) is 10.6. The van der Waals surface area contributed by atoms with E-state index in [0.29, 0.717) is 0 Å². The second kappa shape index (κ2) is 5.86. The standard InChI is InChI=1S/C13H27NO/c1-4-9-12(15)13(14(2)3)10-7-5-6-8-11-13/h12,15H,4-11H2,1-3H3. The normalized spacial score (nSPS) is 23.8. The van der Waals surface area contributed by atoms with Crippen LogP contribution in [0.2, 0.25) is 0 Å². The first-order chi connectivity index (χ1) is 7.13. The predicted molar refractivity (Wildman–Crippen MR) is 65.0 cm³/mol. The molecule has 1 fully saturated rings. The molecule has 90 valence electrons. The number of aliphatic hydroxyl groups excluding tert-OH is 1. The van der Waals surface area contributed by atoms with Crippen molar-refractivity contribution in [2.45, 2.75) is 69.9 Å². The maximum absolute atomic E-state index is 10.4. The number of rotatable bonds is 4. The van der Waals surface area contributed by atoms with Gasteiger partial charge < -0.3 is 10.0 Å². The van der Waals surface area contributed by atoms with E-state index in [-0.39, 0.29) is 11.6 Å². The van der Waals surface area contributed by atoms with E-state index in [1.807, 2.05) is 0 Å². The fraction of sp³-hybridized carbons (Fsp3) is 1.00. The molecular formula is C13H27NO. The molecule has 1 rings (SSSR count). The third-order valence-electron chi connectivity index (χ3n) is 4.04. The highest BCUT2D eigenvalue weighted by atomic mass is 16.3. The molecule has 0 bridgehead atoms. The molecule has 0 amide bonds. The number of nitrogens with zero attached hydrogens (tertiary/aromatic N) is 1.